The van der Waals surface area contributed by atoms with Crippen LogP contribution in [0.3, 0.4) is 0 Å². The molecular formula is C10H11Cl2N3O. The van der Waals surface area contributed by atoms with Crippen molar-refractivity contribution in [3.05, 3.63) is 28.0 Å². The SMILES string of the molecule is C/C(=N/C(=O)c1cnc(Cl)c(Cl)c1)N(C)C. The predicted molar refractivity (Wildman–Crippen MR) is 65.4 cm³/mol. The third kappa shape index (κ3) is 3.18. The van der Waals surface area contributed by atoms with E-state index >= 15 is 0 Å². The van der Waals surface area contributed by atoms with Crippen LogP contribution in [-0.2, 0) is 0 Å². The Morgan fingerprint density at radius 3 is 2.56 bits per heavy atom. The summed E-state index contributed by atoms with van der Waals surface area (Å²) in [4.78, 5) is 21.1. The monoisotopic (exact) mass is 259 g/mol. The molecular weight excluding hydrogens is 249 g/mol. The first kappa shape index (κ1) is 12.9. The number of aromatic nitrogens is 1. The van der Waals surface area contributed by atoms with Crippen molar-refractivity contribution in [1.82, 2.24) is 9.88 Å². The molecule has 0 saturated carbocycles. The highest BCUT2D eigenvalue weighted by Gasteiger charge is 2.08. The van der Waals surface area contributed by atoms with Crippen molar-refractivity contribution in [2.24, 2.45) is 4.99 Å². The topological polar surface area (TPSA) is 45.6 Å². The van der Waals surface area contributed by atoms with E-state index in [-0.39, 0.29) is 10.2 Å². The summed E-state index contributed by atoms with van der Waals surface area (Å²) < 4.78 is 0. The zero-order valence-corrected chi connectivity index (χ0v) is 10.7. The molecule has 1 aromatic rings. The van der Waals surface area contributed by atoms with Crippen molar-refractivity contribution < 1.29 is 4.79 Å². The molecule has 1 rings (SSSR count). The number of pyridine rings is 1. The quantitative estimate of drug-likeness (QED) is 0.442. The molecule has 1 aromatic heterocycles. The summed E-state index contributed by atoms with van der Waals surface area (Å²) in [5, 5.41) is 0.414. The molecule has 0 aromatic carbocycles. The number of hydrogen-bond donors (Lipinski definition) is 0. The van der Waals surface area contributed by atoms with Crippen LogP contribution in [0, 0.1) is 0 Å². The number of amides is 1. The Bertz CT molecular complexity index is 444. The van der Waals surface area contributed by atoms with Gasteiger partial charge in [-0.05, 0) is 13.0 Å². The average Bonchev–Trinajstić information content (AvgIpc) is 2.21. The van der Waals surface area contributed by atoms with E-state index in [2.05, 4.69) is 9.98 Å². The van der Waals surface area contributed by atoms with Crippen LogP contribution in [-0.4, -0.2) is 35.7 Å². The largest absolute Gasteiger partial charge is 0.366 e. The molecule has 16 heavy (non-hydrogen) atoms. The van der Waals surface area contributed by atoms with Gasteiger partial charge in [-0.1, -0.05) is 23.2 Å². The lowest BCUT2D eigenvalue weighted by molar-refractivity contribution is 0.100. The Hall–Kier alpha value is -1.13. The molecule has 0 radical (unpaired) electrons. The van der Waals surface area contributed by atoms with Gasteiger partial charge in [0.05, 0.1) is 10.6 Å². The fourth-order valence-electron chi connectivity index (χ4n) is 0.850. The van der Waals surface area contributed by atoms with Gasteiger partial charge in [-0.3, -0.25) is 4.79 Å². The normalized spacial score (nSPS) is 11.4. The lowest BCUT2D eigenvalue weighted by Crippen LogP contribution is -2.19. The number of carbonyl (C=O) groups is 1. The zero-order chi connectivity index (χ0) is 12.3. The molecule has 0 aliphatic rings. The van der Waals surface area contributed by atoms with E-state index in [0.717, 1.165) is 0 Å². The van der Waals surface area contributed by atoms with Crippen molar-refractivity contribution >= 4 is 34.9 Å². The summed E-state index contributed by atoms with van der Waals surface area (Å²) in [7, 11) is 3.61. The van der Waals surface area contributed by atoms with Gasteiger partial charge in [-0.25, -0.2) is 4.98 Å². The number of carbonyl (C=O) groups excluding carboxylic acids is 1. The second-order valence-corrected chi connectivity index (χ2v) is 4.12. The van der Waals surface area contributed by atoms with Gasteiger partial charge in [-0.2, -0.15) is 4.99 Å². The molecule has 4 nitrogen and oxygen atoms in total. The molecule has 0 saturated heterocycles. The third-order valence-corrected chi connectivity index (χ3v) is 2.64. The fraction of sp³-hybridized carbons (Fsp3) is 0.300. The molecule has 86 valence electrons. The maximum atomic E-state index is 11.7. The standard InChI is InChI=1S/C10H11Cl2N3O/c1-6(15(2)3)14-10(16)7-4-8(11)9(12)13-5-7/h4-5H,1-3H3/b14-6-. The Labute approximate surface area is 104 Å². The van der Waals surface area contributed by atoms with Gasteiger partial charge in [0.15, 0.2) is 0 Å². The van der Waals surface area contributed by atoms with Crippen LogP contribution in [0.25, 0.3) is 0 Å². The lowest BCUT2D eigenvalue weighted by atomic mass is 10.3. The Morgan fingerprint density at radius 1 is 1.44 bits per heavy atom. The number of aliphatic imine (C=N–C) groups is 1. The predicted octanol–water partition coefficient (Wildman–Crippen LogP) is 2.51. The van der Waals surface area contributed by atoms with Crippen molar-refractivity contribution in [2.45, 2.75) is 6.92 Å². The van der Waals surface area contributed by atoms with E-state index in [1.165, 1.54) is 12.3 Å². The molecule has 0 atom stereocenters. The molecule has 0 aliphatic heterocycles. The van der Waals surface area contributed by atoms with Gasteiger partial charge in [0.1, 0.15) is 11.0 Å². The first-order valence-electron chi connectivity index (χ1n) is 4.50. The summed E-state index contributed by atoms with van der Waals surface area (Å²) >= 11 is 11.4. The van der Waals surface area contributed by atoms with Crippen LogP contribution in [0.5, 0.6) is 0 Å². The number of amidine groups is 1. The van der Waals surface area contributed by atoms with Crippen LogP contribution in [0.1, 0.15) is 17.3 Å². The van der Waals surface area contributed by atoms with Gasteiger partial charge < -0.3 is 4.90 Å². The van der Waals surface area contributed by atoms with Crippen LogP contribution in [0.15, 0.2) is 17.3 Å². The first-order chi connectivity index (χ1) is 7.41. The minimum atomic E-state index is -0.391. The first-order valence-corrected chi connectivity index (χ1v) is 5.25. The van der Waals surface area contributed by atoms with Gasteiger partial charge >= 0.3 is 0 Å². The van der Waals surface area contributed by atoms with E-state index < -0.39 is 5.91 Å². The zero-order valence-electron chi connectivity index (χ0n) is 9.16. The molecule has 1 heterocycles. The summed E-state index contributed by atoms with van der Waals surface area (Å²) in [6.45, 7) is 1.74. The van der Waals surface area contributed by atoms with Crippen LogP contribution in [0.4, 0.5) is 0 Å². The highest BCUT2D eigenvalue weighted by atomic mass is 35.5. The average molecular weight is 260 g/mol. The van der Waals surface area contributed by atoms with Gasteiger partial charge in [-0.15, -0.1) is 0 Å². The minimum Gasteiger partial charge on any atom is -0.366 e. The van der Waals surface area contributed by atoms with Crippen molar-refractivity contribution in [3.63, 3.8) is 0 Å². The smallest absolute Gasteiger partial charge is 0.280 e. The summed E-state index contributed by atoms with van der Waals surface area (Å²) in [6, 6.07) is 1.45. The van der Waals surface area contributed by atoms with Crippen molar-refractivity contribution in [2.75, 3.05) is 14.1 Å². The van der Waals surface area contributed by atoms with Gasteiger partial charge in [0.25, 0.3) is 5.91 Å². The molecule has 0 unspecified atom stereocenters. The van der Waals surface area contributed by atoms with Gasteiger partial charge in [0, 0.05) is 20.3 Å². The van der Waals surface area contributed by atoms with Crippen LogP contribution >= 0.6 is 23.2 Å². The van der Waals surface area contributed by atoms with E-state index in [1.54, 1.807) is 25.9 Å². The maximum absolute atomic E-state index is 11.7. The highest BCUT2D eigenvalue weighted by Crippen LogP contribution is 2.20. The molecule has 1 amide bonds. The third-order valence-electron chi connectivity index (χ3n) is 1.95. The minimum absolute atomic E-state index is 0.173. The van der Waals surface area contributed by atoms with E-state index in [1.807, 2.05) is 0 Å². The Morgan fingerprint density at radius 2 is 2.06 bits per heavy atom. The second-order valence-electron chi connectivity index (χ2n) is 3.36. The van der Waals surface area contributed by atoms with Crippen molar-refractivity contribution in [3.8, 4) is 0 Å². The number of hydrogen-bond acceptors (Lipinski definition) is 2. The number of halogens is 2. The fourth-order valence-corrected chi connectivity index (χ4v) is 1.12. The highest BCUT2D eigenvalue weighted by molar-refractivity contribution is 6.41. The van der Waals surface area contributed by atoms with Gasteiger partial charge in [0.2, 0.25) is 0 Å². The molecule has 0 aliphatic carbocycles. The second kappa shape index (κ2) is 5.27. The Kier molecular flexibility index (Phi) is 4.26. The van der Waals surface area contributed by atoms with E-state index in [9.17, 15) is 4.79 Å². The molecule has 0 spiro atoms. The van der Waals surface area contributed by atoms with Crippen molar-refractivity contribution in [1.29, 1.82) is 0 Å². The molecule has 0 bridgehead atoms. The summed E-state index contributed by atoms with van der Waals surface area (Å²) in [6.07, 6.45) is 1.35. The molecule has 0 fully saturated rings. The van der Waals surface area contributed by atoms with Crippen LogP contribution in [0.2, 0.25) is 10.2 Å². The Balaban J connectivity index is 2.98. The number of rotatable bonds is 1. The summed E-state index contributed by atoms with van der Waals surface area (Å²) in [5.74, 6) is 0.216. The van der Waals surface area contributed by atoms with E-state index in [0.29, 0.717) is 11.4 Å². The molecule has 6 heteroatoms. The van der Waals surface area contributed by atoms with Crippen LogP contribution < -0.4 is 0 Å². The molecule has 0 N–H and O–H groups in total. The summed E-state index contributed by atoms with van der Waals surface area (Å²) in [5.41, 5.74) is 0.315. The number of nitrogens with zero attached hydrogens (tertiary/aromatic N) is 3. The maximum Gasteiger partial charge on any atom is 0.280 e. The van der Waals surface area contributed by atoms with E-state index in [4.69, 9.17) is 23.2 Å². The lowest BCUT2D eigenvalue weighted by Gasteiger charge is -2.10.